The molecule has 0 N–H and O–H groups in total. The van der Waals surface area contributed by atoms with Crippen LogP contribution in [0.15, 0.2) is 24.3 Å². The molecule has 94 valence electrons. The van der Waals surface area contributed by atoms with Crippen LogP contribution in [0.4, 0.5) is 0 Å². The Labute approximate surface area is 104 Å². The van der Waals surface area contributed by atoms with Gasteiger partial charge in [-0.15, -0.1) is 0 Å². The lowest BCUT2D eigenvalue weighted by atomic mass is 10.1. The van der Waals surface area contributed by atoms with E-state index in [9.17, 15) is 0 Å². The average molecular weight is 238 g/mol. The van der Waals surface area contributed by atoms with Gasteiger partial charge in [0.25, 0.3) is 0 Å². The normalized spacial score (nSPS) is 13.0. The fourth-order valence-electron chi connectivity index (χ4n) is 1.51. The van der Waals surface area contributed by atoms with E-state index in [0.29, 0.717) is 0 Å². The van der Waals surface area contributed by atoms with Crippen LogP contribution in [-0.2, 0) is 0 Å². The van der Waals surface area contributed by atoms with Gasteiger partial charge in [-0.25, -0.2) is 0 Å². The molecule has 0 nitrogen and oxygen atoms in total. The summed E-state index contributed by atoms with van der Waals surface area (Å²) in [4.78, 5) is 0. The lowest BCUT2D eigenvalue weighted by Crippen LogP contribution is -2.17. The van der Waals surface area contributed by atoms with E-state index in [1.54, 1.807) is 0 Å². The molecule has 0 heterocycles. The molecule has 0 aromatic carbocycles. The third-order valence-electron chi connectivity index (χ3n) is 2.56. The topological polar surface area (TPSA) is 0 Å². The maximum Gasteiger partial charge on any atom is 0.0480 e. The van der Waals surface area contributed by atoms with Crippen molar-refractivity contribution in [3.8, 4) is 0 Å². The highest BCUT2D eigenvalue weighted by atomic mass is 28.3. The van der Waals surface area contributed by atoms with Crippen molar-refractivity contribution in [2.75, 3.05) is 0 Å². The van der Waals surface area contributed by atoms with E-state index in [1.807, 2.05) is 0 Å². The number of unbranched alkanes of at least 4 members (excludes halogenated alkanes) is 4. The van der Waals surface area contributed by atoms with E-state index >= 15 is 0 Å². The van der Waals surface area contributed by atoms with Crippen molar-refractivity contribution in [1.82, 2.24) is 0 Å². The van der Waals surface area contributed by atoms with Gasteiger partial charge in [0.1, 0.15) is 0 Å². The summed E-state index contributed by atoms with van der Waals surface area (Å²) in [7, 11) is -0.858. The Morgan fingerprint density at radius 3 is 2.12 bits per heavy atom. The lowest BCUT2D eigenvalue weighted by Gasteiger charge is -2.11. The van der Waals surface area contributed by atoms with Crippen LogP contribution in [0.2, 0.25) is 25.7 Å². The molecule has 0 aromatic rings. The second kappa shape index (κ2) is 9.89. The summed E-state index contributed by atoms with van der Waals surface area (Å²) in [5, 5.41) is 0. The second-order valence-corrected chi connectivity index (χ2v) is 11.3. The van der Waals surface area contributed by atoms with E-state index in [-0.39, 0.29) is 0 Å². The van der Waals surface area contributed by atoms with E-state index in [2.05, 4.69) is 50.9 Å². The molecule has 16 heavy (non-hydrogen) atoms. The Kier molecular flexibility index (Phi) is 9.70. The van der Waals surface area contributed by atoms with Crippen molar-refractivity contribution in [2.24, 2.45) is 0 Å². The first kappa shape index (κ1) is 15.7. The fourth-order valence-corrected chi connectivity index (χ4v) is 2.39. The molecule has 0 radical (unpaired) electrons. The summed E-state index contributed by atoms with van der Waals surface area (Å²) < 4.78 is 0. The number of hydrogen-bond donors (Lipinski definition) is 0. The van der Waals surface area contributed by atoms with Crippen molar-refractivity contribution in [3.05, 3.63) is 24.3 Å². The molecule has 0 aromatic heterocycles. The summed E-state index contributed by atoms with van der Waals surface area (Å²) in [6, 6.07) is 1.32. The van der Waals surface area contributed by atoms with Gasteiger partial charge in [-0.1, -0.05) is 70.1 Å². The Morgan fingerprint density at radius 1 is 0.812 bits per heavy atom. The van der Waals surface area contributed by atoms with Crippen LogP contribution >= 0.6 is 0 Å². The zero-order chi connectivity index (χ0) is 12.3. The van der Waals surface area contributed by atoms with Gasteiger partial charge in [0, 0.05) is 8.07 Å². The monoisotopic (exact) mass is 238 g/mol. The van der Waals surface area contributed by atoms with Crippen LogP contribution in [0.1, 0.15) is 45.4 Å². The molecule has 0 bridgehead atoms. The Hall–Kier alpha value is -0.303. The minimum atomic E-state index is -0.858. The molecule has 0 aliphatic rings. The highest BCUT2D eigenvalue weighted by molar-refractivity contribution is 6.76. The Bertz CT molecular complexity index is 196. The van der Waals surface area contributed by atoms with E-state index in [1.165, 1.54) is 38.1 Å². The summed E-state index contributed by atoms with van der Waals surface area (Å²) in [5.41, 5.74) is 0. The molecule has 1 heteroatoms. The molecule has 0 atom stereocenters. The summed E-state index contributed by atoms with van der Waals surface area (Å²) in [6.45, 7) is 9.52. The first-order valence-electron chi connectivity index (χ1n) is 6.86. The minimum Gasteiger partial charge on any atom is -0.0909 e. The average Bonchev–Trinajstić information content (AvgIpc) is 2.19. The molecule has 0 spiro atoms. The van der Waals surface area contributed by atoms with Crippen LogP contribution in [0.5, 0.6) is 0 Å². The highest BCUT2D eigenvalue weighted by Gasteiger charge is 2.08. The van der Waals surface area contributed by atoms with Crippen molar-refractivity contribution in [3.63, 3.8) is 0 Å². The van der Waals surface area contributed by atoms with Gasteiger partial charge in [0.2, 0.25) is 0 Å². The standard InChI is InChI=1S/C15H30Si/c1-5-6-7-8-9-10-11-12-13-14-15-16(2,3)4/h10-11,13-14H,5-9,12,15H2,1-4H3/b11-10+,14-13+. The SMILES string of the molecule is CCCCCC/C=C/C/C=C/C[Si](C)(C)C. The van der Waals surface area contributed by atoms with Crippen LogP contribution in [0.25, 0.3) is 0 Å². The Balaban J connectivity index is 3.33. The van der Waals surface area contributed by atoms with E-state index in [4.69, 9.17) is 0 Å². The smallest absolute Gasteiger partial charge is 0.0480 e. The van der Waals surface area contributed by atoms with Gasteiger partial charge in [-0.2, -0.15) is 0 Å². The highest BCUT2D eigenvalue weighted by Crippen LogP contribution is 2.09. The molecule has 0 saturated carbocycles. The van der Waals surface area contributed by atoms with Gasteiger partial charge in [-0.05, 0) is 25.3 Å². The number of allylic oxidation sites excluding steroid dienone is 4. The summed E-state index contributed by atoms with van der Waals surface area (Å²) in [6.07, 6.45) is 17.2. The molecule has 0 rings (SSSR count). The molecule has 0 amide bonds. The fraction of sp³-hybridized carbons (Fsp3) is 0.733. The van der Waals surface area contributed by atoms with Gasteiger partial charge in [-0.3, -0.25) is 0 Å². The summed E-state index contributed by atoms with van der Waals surface area (Å²) >= 11 is 0. The molecule has 0 aliphatic heterocycles. The van der Waals surface area contributed by atoms with E-state index in [0.717, 1.165) is 6.42 Å². The lowest BCUT2D eigenvalue weighted by molar-refractivity contribution is 0.674. The zero-order valence-electron chi connectivity index (χ0n) is 11.8. The predicted molar refractivity (Wildman–Crippen MR) is 79.8 cm³/mol. The quantitative estimate of drug-likeness (QED) is 0.271. The molecular formula is C15H30Si. The third kappa shape index (κ3) is 13.7. The van der Waals surface area contributed by atoms with Crippen LogP contribution in [-0.4, -0.2) is 8.07 Å². The van der Waals surface area contributed by atoms with Crippen molar-refractivity contribution in [1.29, 1.82) is 0 Å². The first-order valence-corrected chi connectivity index (χ1v) is 10.6. The Morgan fingerprint density at radius 2 is 1.50 bits per heavy atom. The maximum absolute atomic E-state index is 2.42. The molecule has 0 unspecified atom stereocenters. The van der Waals surface area contributed by atoms with Crippen LogP contribution in [0, 0.1) is 0 Å². The van der Waals surface area contributed by atoms with E-state index < -0.39 is 8.07 Å². The van der Waals surface area contributed by atoms with Crippen molar-refractivity contribution < 1.29 is 0 Å². The van der Waals surface area contributed by atoms with Crippen molar-refractivity contribution >= 4 is 8.07 Å². The molecule has 0 fully saturated rings. The van der Waals surface area contributed by atoms with Gasteiger partial charge in [0.05, 0.1) is 0 Å². The maximum atomic E-state index is 2.42. The minimum absolute atomic E-state index is 0.858. The third-order valence-corrected chi connectivity index (χ3v) is 4.02. The predicted octanol–water partition coefficient (Wildman–Crippen LogP) is 5.80. The number of hydrogen-bond acceptors (Lipinski definition) is 0. The summed E-state index contributed by atoms with van der Waals surface area (Å²) in [5.74, 6) is 0. The van der Waals surface area contributed by atoms with Crippen LogP contribution < -0.4 is 0 Å². The first-order chi connectivity index (χ1) is 7.56. The van der Waals surface area contributed by atoms with Crippen molar-refractivity contribution in [2.45, 2.75) is 71.1 Å². The molecule has 0 aliphatic carbocycles. The second-order valence-electron chi connectivity index (χ2n) is 5.79. The number of rotatable bonds is 9. The van der Waals surface area contributed by atoms with Crippen LogP contribution in [0.3, 0.4) is 0 Å². The largest absolute Gasteiger partial charge is 0.0909 e. The molecule has 0 saturated heterocycles. The van der Waals surface area contributed by atoms with Gasteiger partial charge < -0.3 is 0 Å². The van der Waals surface area contributed by atoms with Gasteiger partial charge in [0.15, 0.2) is 0 Å². The van der Waals surface area contributed by atoms with Gasteiger partial charge >= 0.3 is 0 Å². The zero-order valence-corrected chi connectivity index (χ0v) is 12.8. The molecular weight excluding hydrogens is 208 g/mol.